The molecule has 0 radical (unpaired) electrons. The molecule has 0 aliphatic heterocycles. The number of aromatic hydroxyl groups is 1. The molecule has 0 aliphatic carbocycles. The molecule has 0 spiro atoms. The molecule has 186 valence electrons. The van der Waals surface area contributed by atoms with Gasteiger partial charge in [0, 0.05) is 13.1 Å². The average Bonchev–Trinajstić information content (AvgIpc) is 2.77. The van der Waals surface area contributed by atoms with E-state index in [1.54, 1.807) is 12.1 Å². The number of carbonyl (C=O) groups is 1. The second kappa shape index (κ2) is 10.3. The minimum atomic E-state index is -4.79. The number of amides is 1. The summed E-state index contributed by atoms with van der Waals surface area (Å²) in [5.74, 6) is -2.06. The van der Waals surface area contributed by atoms with E-state index in [0.29, 0.717) is 24.1 Å². The maximum atomic E-state index is 14.7. The Labute approximate surface area is 207 Å². The van der Waals surface area contributed by atoms with Crippen molar-refractivity contribution in [3.05, 3.63) is 99.3 Å². The van der Waals surface area contributed by atoms with Gasteiger partial charge in [0.15, 0.2) is 5.82 Å². The van der Waals surface area contributed by atoms with E-state index in [4.69, 9.17) is 11.6 Å². The van der Waals surface area contributed by atoms with E-state index in [0.717, 1.165) is 11.1 Å². The van der Waals surface area contributed by atoms with Gasteiger partial charge in [-0.3, -0.25) is 4.79 Å². The lowest BCUT2D eigenvalue weighted by Gasteiger charge is -2.25. The maximum absolute atomic E-state index is 14.7. The fourth-order valence-corrected chi connectivity index (χ4v) is 3.86. The van der Waals surface area contributed by atoms with Crippen LogP contribution in [0.2, 0.25) is 5.02 Å². The first-order valence-corrected chi connectivity index (χ1v) is 11.4. The van der Waals surface area contributed by atoms with Crippen LogP contribution in [0, 0.1) is 5.82 Å². The first kappa shape index (κ1) is 26.5. The van der Waals surface area contributed by atoms with Gasteiger partial charge in [-0.25, -0.2) is 4.39 Å². The third-order valence-corrected chi connectivity index (χ3v) is 5.92. The van der Waals surface area contributed by atoms with Crippen LogP contribution in [-0.2, 0) is 24.6 Å². The van der Waals surface area contributed by atoms with Crippen LogP contribution in [0.25, 0.3) is 0 Å². The van der Waals surface area contributed by atoms with Gasteiger partial charge in [0.25, 0.3) is 5.91 Å². The lowest BCUT2D eigenvalue weighted by molar-refractivity contribution is -0.137. The van der Waals surface area contributed by atoms with Crippen LogP contribution in [0.1, 0.15) is 53.4 Å². The number of phenols is 1. The maximum Gasteiger partial charge on any atom is 0.416 e. The molecule has 0 unspecified atom stereocenters. The van der Waals surface area contributed by atoms with E-state index in [1.807, 2.05) is 24.3 Å². The van der Waals surface area contributed by atoms with E-state index in [2.05, 4.69) is 20.8 Å². The first-order chi connectivity index (χ1) is 16.3. The Kier molecular flexibility index (Phi) is 7.80. The molecule has 0 aromatic heterocycles. The smallest absolute Gasteiger partial charge is 0.416 e. The molecule has 1 amide bonds. The Balaban J connectivity index is 1.95. The van der Waals surface area contributed by atoms with Gasteiger partial charge in [0.1, 0.15) is 5.75 Å². The topological polar surface area (TPSA) is 40.5 Å². The lowest BCUT2D eigenvalue weighted by atomic mass is 9.87. The van der Waals surface area contributed by atoms with E-state index in [-0.39, 0.29) is 24.3 Å². The fraction of sp³-hybridized carbons (Fsp3) is 0.296. The number of phenolic OH excluding ortho intramolecular Hbond substituents is 1. The minimum absolute atomic E-state index is 0.0499. The Bertz CT molecular complexity index is 1200. The highest BCUT2D eigenvalue weighted by atomic mass is 35.5. The van der Waals surface area contributed by atoms with E-state index in [1.165, 1.54) is 17.0 Å². The van der Waals surface area contributed by atoms with Gasteiger partial charge in [-0.05, 0) is 52.8 Å². The number of carbonyl (C=O) groups excluding carboxylic acids is 1. The van der Waals surface area contributed by atoms with Crippen LogP contribution in [-0.4, -0.2) is 22.5 Å². The summed E-state index contributed by atoms with van der Waals surface area (Å²) < 4.78 is 54.6. The number of nitrogens with zero attached hydrogens (tertiary/aromatic N) is 1. The first-order valence-electron chi connectivity index (χ1n) is 11.0. The summed E-state index contributed by atoms with van der Waals surface area (Å²) in [7, 11) is 0. The van der Waals surface area contributed by atoms with Gasteiger partial charge in [0.05, 0.1) is 16.1 Å². The Hall–Kier alpha value is -3.06. The minimum Gasteiger partial charge on any atom is -0.508 e. The van der Waals surface area contributed by atoms with Crippen LogP contribution in [0.3, 0.4) is 0 Å². The van der Waals surface area contributed by atoms with Gasteiger partial charge < -0.3 is 10.0 Å². The third-order valence-electron chi connectivity index (χ3n) is 5.65. The van der Waals surface area contributed by atoms with Gasteiger partial charge in [-0.1, -0.05) is 68.8 Å². The molecule has 3 rings (SSSR count). The SMILES string of the molecule is CC(C)(C)c1ccc(CN(CCc2cccc(O)c2)C(=O)c2cc(C(F)(F)F)cc(Cl)c2F)cc1. The summed E-state index contributed by atoms with van der Waals surface area (Å²) in [5.41, 5.74) is 0.506. The monoisotopic (exact) mass is 507 g/mol. The highest BCUT2D eigenvalue weighted by Crippen LogP contribution is 2.34. The Morgan fingerprint density at radius 3 is 2.17 bits per heavy atom. The van der Waals surface area contributed by atoms with Crippen molar-refractivity contribution in [2.24, 2.45) is 0 Å². The molecule has 3 aromatic rings. The number of rotatable bonds is 6. The molecule has 8 heteroatoms. The van der Waals surface area contributed by atoms with Crippen molar-refractivity contribution in [1.82, 2.24) is 4.90 Å². The molecular weight excluding hydrogens is 482 g/mol. The van der Waals surface area contributed by atoms with Gasteiger partial charge in [-0.15, -0.1) is 0 Å². The summed E-state index contributed by atoms with van der Waals surface area (Å²) in [6.45, 7) is 6.32. The van der Waals surface area contributed by atoms with Gasteiger partial charge >= 0.3 is 6.18 Å². The Morgan fingerprint density at radius 1 is 0.943 bits per heavy atom. The molecule has 0 aliphatic rings. The quantitative estimate of drug-likeness (QED) is 0.353. The number of benzene rings is 3. The fourth-order valence-electron chi connectivity index (χ4n) is 3.64. The van der Waals surface area contributed by atoms with Crippen LogP contribution in [0.15, 0.2) is 60.7 Å². The predicted octanol–water partition coefficient (Wildman–Crippen LogP) is 7.39. The molecule has 3 aromatic carbocycles. The van der Waals surface area contributed by atoms with Crippen molar-refractivity contribution in [1.29, 1.82) is 0 Å². The Morgan fingerprint density at radius 2 is 1.60 bits per heavy atom. The third kappa shape index (κ3) is 6.75. The molecule has 1 N–H and O–H groups in total. The van der Waals surface area contributed by atoms with Crippen LogP contribution in [0.4, 0.5) is 17.6 Å². The zero-order chi connectivity index (χ0) is 26.0. The van der Waals surface area contributed by atoms with E-state index < -0.39 is 34.1 Å². The van der Waals surface area contributed by atoms with Crippen molar-refractivity contribution in [3.63, 3.8) is 0 Å². The predicted molar refractivity (Wildman–Crippen MR) is 128 cm³/mol. The van der Waals surface area contributed by atoms with Crippen molar-refractivity contribution >= 4 is 17.5 Å². The molecule has 35 heavy (non-hydrogen) atoms. The molecule has 3 nitrogen and oxygen atoms in total. The summed E-state index contributed by atoms with van der Waals surface area (Å²) in [6, 6.07) is 14.9. The standard InChI is InChI=1S/C27H26ClF4NO2/c1-26(2,3)19-9-7-18(8-10-19)16-33(12-11-17-5-4-6-21(34)13-17)25(35)22-14-20(27(30,31)32)15-23(28)24(22)29/h4-10,13-15,34H,11-12,16H2,1-3H3. The summed E-state index contributed by atoms with van der Waals surface area (Å²) in [6.07, 6.45) is -4.49. The molecule has 0 atom stereocenters. The van der Waals surface area contributed by atoms with Crippen molar-refractivity contribution in [3.8, 4) is 5.75 Å². The van der Waals surface area contributed by atoms with Crippen LogP contribution < -0.4 is 0 Å². The molecule has 0 saturated heterocycles. The number of hydrogen-bond donors (Lipinski definition) is 1. The zero-order valence-electron chi connectivity index (χ0n) is 19.6. The highest BCUT2D eigenvalue weighted by molar-refractivity contribution is 6.31. The van der Waals surface area contributed by atoms with E-state index >= 15 is 0 Å². The molecule has 0 fully saturated rings. The van der Waals surface area contributed by atoms with Crippen molar-refractivity contribution < 1.29 is 27.5 Å². The zero-order valence-corrected chi connectivity index (χ0v) is 20.3. The number of alkyl halides is 3. The normalized spacial score (nSPS) is 12.0. The van der Waals surface area contributed by atoms with Crippen molar-refractivity contribution in [2.75, 3.05) is 6.54 Å². The average molecular weight is 508 g/mol. The highest BCUT2D eigenvalue weighted by Gasteiger charge is 2.34. The number of hydrogen-bond acceptors (Lipinski definition) is 2. The largest absolute Gasteiger partial charge is 0.508 e. The lowest BCUT2D eigenvalue weighted by Crippen LogP contribution is -2.33. The second-order valence-corrected chi connectivity index (χ2v) is 9.82. The van der Waals surface area contributed by atoms with Crippen LogP contribution >= 0.6 is 11.6 Å². The van der Waals surface area contributed by atoms with Gasteiger partial charge in [-0.2, -0.15) is 13.2 Å². The molecule has 0 heterocycles. The summed E-state index contributed by atoms with van der Waals surface area (Å²) in [5, 5.41) is 8.94. The summed E-state index contributed by atoms with van der Waals surface area (Å²) >= 11 is 5.71. The van der Waals surface area contributed by atoms with Crippen molar-refractivity contribution in [2.45, 2.75) is 45.3 Å². The molecule has 0 bridgehead atoms. The van der Waals surface area contributed by atoms with E-state index in [9.17, 15) is 27.5 Å². The van der Waals surface area contributed by atoms with Crippen LogP contribution in [0.5, 0.6) is 5.75 Å². The second-order valence-electron chi connectivity index (χ2n) is 9.41. The number of halogens is 5. The molecular formula is C27H26ClF4NO2. The summed E-state index contributed by atoms with van der Waals surface area (Å²) in [4.78, 5) is 14.6. The van der Waals surface area contributed by atoms with Gasteiger partial charge in [0.2, 0.25) is 0 Å². The molecule has 0 saturated carbocycles.